The van der Waals surface area contributed by atoms with E-state index in [4.69, 9.17) is 16.9 Å². The van der Waals surface area contributed by atoms with Gasteiger partial charge in [-0.15, -0.1) is 0 Å². The van der Waals surface area contributed by atoms with Crippen molar-refractivity contribution in [2.24, 2.45) is 0 Å². The second-order valence-electron chi connectivity index (χ2n) is 4.03. The SMILES string of the molecule is N#Cc1cc([N+](=O)[O-])ccc1/C=C/c1ccc(Cl)cc1. The fourth-order valence-electron chi connectivity index (χ4n) is 1.66. The molecule has 0 unspecified atom stereocenters. The Bertz CT molecular complexity index is 716. The van der Waals surface area contributed by atoms with E-state index in [2.05, 4.69) is 0 Å². The number of benzene rings is 2. The van der Waals surface area contributed by atoms with E-state index in [-0.39, 0.29) is 11.3 Å². The summed E-state index contributed by atoms with van der Waals surface area (Å²) in [4.78, 5) is 10.1. The van der Waals surface area contributed by atoms with Crippen LogP contribution in [-0.4, -0.2) is 4.92 Å². The van der Waals surface area contributed by atoms with E-state index in [1.807, 2.05) is 24.3 Å². The molecule has 0 atom stereocenters. The molecule has 20 heavy (non-hydrogen) atoms. The highest BCUT2D eigenvalue weighted by Gasteiger charge is 2.08. The van der Waals surface area contributed by atoms with Crippen molar-refractivity contribution in [1.29, 1.82) is 5.26 Å². The smallest absolute Gasteiger partial charge is 0.258 e. The van der Waals surface area contributed by atoms with Crippen molar-refractivity contribution in [3.8, 4) is 6.07 Å². The van der Waals surface area contributed by atoms with Gasteiger partial charge >= 0.3 is 0 Å². The van der Waals surface area contributed by atoms with Gasteiger partial charge < -0.3 is 0 Å². The van der Waals surface area contributed by atoms with Crippen molar-refractivity contribution in [3.05, 3.63) is 74.3 Å². The van der Waals surface area contributed by atoms with Crippen LogP contribution in [0.4, 0.5) is 5.69 Å². The Morgan fingerprint density at radius 1 is 1.15 bits per heavy atom. The van der Waals surface area contributed by atoms with Crippen LogP contribution in [0.15, 0.2) is 42.5 Å². The predicted octanol–water partition coefficient (Wildman–Crippen LogP) is 4.29. The van der Waals surface area contributed by atoms with Gasteiger partial charge in [0.25, 0.3) is 5.69 Å². The van der Waals surface area contributed by atoms with Gasteiger partial charge in [-0.3, -0.25) is 10.1 Å². The first-order valence-electron chi connectivity index (χ1n) is 5.72. The molecular formula is C15H9ClN2O2. The summed E-state index contributed by atoms with van der Waals surface area (Å²) in [6, 6.07) is 13.4. The van der Waals surface area contributed by atoms with Crippen molar-refractivity contribution in [2.75, 3.05) is 0 Å². The van der Waals surface area contributed by atoms with Crippen molar-refractivity contribution in [2.45, 2.75) is 0 Å². The Morgan fingerprint density at radius 2 is 1.85 bits per heavy atom. The van der Waals surface area contributed by atoms with E-state index < -0.39 is 4.92 Å². The van der Waals surface area contributed by atoms with Crippen molar-refractivity contribution in [1.82, 2.24) is 0 Å². The molecule has 0 spiro atoms. The van der Waals surface area contributed by atoms with Crippen LogP contribution in [0.5, 0.6) is 0 Å². The molecule has 0 amide bonds. The summed E-state index contributed by atoms with van der Waals surface area (Å²) >= 11 is 5.79. The van der Waals surface area contributed by atoms with Crippen LogP contribution in [-0.2, 0) is 0 Å². The molecular weight excluding hydrogens is 276 g/mol. The van der Waals surface area contributed by atoms with Gasteiger partial charge in [-0.05, 0) is 29.3 Å². The molecule has 0 bridgehead atoms. The minimum atomic E-state index is -0.520. The van der Waals surface area contributed by atoms with Crippen LogP contribution in [0, 0.1) is 21.4 Å². The van der Waals surface area contributed by atoms with Crippen LogP contribution in [0.2, 0.25) is 5.02 Å². The third kappa shape index (κ3) is 3.22. The zero-order valence-electron chi connectivity index (χ0n) is 10.3. The molecule has 2 aromatic carbocycles. The molecule has 2 rings (SSSR count). The zero-order chi connectivity index (χ0) is 14.5. The third-order valence-corrected chi connectivity index (χ3v) is 2.95. The van der Waals surface area contributed by atoms with Gasteiger partial charge in [-0.25, -0.2) is 0 Å². The van der Waals surface area contributed by atoms with Gasteiger partial charge in [0.2, 0.25) is 0 Å². The number of nitriles is 1. The lowest BCUT2D eigenvalue weighted by Crippen LogP contribution is -1.90. The third-order valence-electron chi connectivity index (χ3n) is 2.69. The minimum absolute atomic E-state index is 0.0924. The van der Waals surface area contributed by atoms with E-state index in [9.17, 15) is 10.1 Å². The van der Waals surface area contributed by atoms with Crippen molar-refractivity contribution in [3.63, 3.8) is 0 Å². The van der Waals surface area contributed by atoms with Gasteiger partial charge in [0.05, 0.1) is 10.5 Å². The lowest BCUT2D eigenvalue weighted by molar-refractivity contribution is -0.384. The number of hydrogen-bond acceptors (Lipinski definition) is 3. The second kappa shape index (κ2) is 6.00. The molecule has 2 aromatic rings. The Kier molecular flexibility index (Phi) is 4.14. The predicted molar refractivity (Wildman–Crippen MR) is 78.2 cm³/mol. The number of nitrogens with zero attached hydrogens (tertiary/aromatic N) is 2. The first kappa shape index (κ1) is 13.8. The second-order valence-corrected chi connectivity index (χ2v) is 4.46. The first-order valence-corrected chi connectivity index (χ1v) is 6.10. The minimum Gasteiger partial charge on any atom is -0.258 e. The highest BCUT2D eigenvalue weighted by atomic mass is 35.5. The van der Waals surface area contributed by atoms with Crippen LogP contribution in [0.25, 0.3) is 12.2 Å². The summed E-state index contributed by atoms with van der Waals surface area (Å²) in [6.07, 6.45) is 3.56. The van der Waals surface area contributed by atoms with Gasteiger partial charge in [0.1, 0.15) is 6.07 Å². The van der Waals surface area contributed by atoms with E-state index in [1.54, 1.807) is 24.3 Å². The molecule has 98 valence electrons. The molecule has 0 aromatic heterocycles. The number of nitro groups is 1. The van der Waals surface area contributed by atoms with Crippen molar-refractivity contribution < 1.29 is 4.92 Å². The highest BCUT2D eigenvalue weighted by Crippen LogP contribution is 2.20. The molecule has 0 radical (unpaired) electrons. The monoisotopic (exact) mass is 284 g/mol. The number of hydrogen-bond donors (Lipinski definition) is 0. The Hall–Kier alpha value is -2.64. The summed E-state index contributed by atoms with van der Waals surface area (Å²) < 4.78 is 0. The highest BCUT2D eigenvalue weighted by molar-refractivity contribution is 6.30. The summed E-state index contributed by atoms with van der Waals surface area (Å²) in [5.41, 5.74) is 1.74. The summed E-state index contributed by atoms with van der Waals surface area (Å²) in [5.74, 6) is 0. The van der Waals surface area contributed by atoms with E-state index in [0.29, 0.717) is 10.6 Å². The summed E-state index contributed by atoms with van der Waals surface area (Å²) in [6.45, 7) is 0. The topological polar surface area (TPSA) is 66.9 Å². The Balaban J connectivity index is 2.31. The molecule has 4 nitrogen and oxygen atoms in total. The summed E-state index contributed by atoms with van der Waals surface area (Å²) in [7, 11) is 0. The molecule has 0 N–H and O–H groups in total. The maximum absolute atomic E-state index is 10.7. The molecule has 0 aliphatic rings. The van der Waals surface area contributed by atoms with E-state index >= 15 is 0 Å². The van der Waals surface area contributed by atoms with Gasteiger partial charge in [0.15, 0.2) is 0 Å². The zero-order valence-corrected chi connectivity index (χ0v) is 11.0. The lowest BCUT2D eigenvalue weighted by atomic mass is 10.1. The quantitative estimate of drug-likeness (QED) is 0.480. The van der Waals surface area contributed by atoms with Crippen LogP contribution in [0.1, 0.15) is 16.7 Å². The average molecular weight is 285 g/mol. The Labute approximate surface area is 120 Å². The molecule has 5 heteroatoms. The largest absolute Gasteiger partial charge is 0.270 e. The molecule has 0 heterocycles. The summed E-state index contributed by atoms with van der Waals surface area (Å²) in [5, 5.41) is 20.3. The number of halogens is 1. The number of nitro benzene ring substituents is 1. The average Bonchev–Trinajstić information content (AvgIpc) is 2.46. The molecule has 0 saturated carbocycles. The number of non-ortho nitro benzene ring substituents is 1. The Morgan fingerprint density at radius 3 is 2.45 bits per heavy atom. The fraction of sp³-hybridized carbons (Fsp3) is 0. The fourth-order valence-corrected chi connectivity index (χ4v) is 1.79. The van der Waals surface area contributed by atoms with Crippen LogP contribution < -0.4 is 0 Å². The standard InChI is InChI=1S/C15H9ClN2O2/c16-14-6-2-11(3-7-14)1-4-12-5-8-15(18(19)20)9-13(12)10-17/h1-9H/b4-1+. The van der Waals surface area contributed by atoms with E-state index in [0.717, 1.165) is 5.56 Å². The van der Waals surface area contributed by atoms with Crippen molar-refractivity contribution >= 4 is 29.4 Å². The van der Waals surface area contributed by atoms with Gasteiger partial charge in [-0.1, -0.05) is 35.9 Å². The van der Waals surface area contributed by atoms with Crippen LogP contribution >= 0.6 is 11.6 Å². The molecule has 0 aliphatic carbocycles. The van der Waals surface area contributed by atoms with Crippen LogP contribution in [0.3, 0.4) is 0 Å². The first-order chi connectivity index (χ1) is 9.60. The van der Waals surface area contributed by atoms with Gasteiger partial charge in [-0.2, -0.15) is 5.26 Å². The maximum Gasteiger partial charge on any atom is 0.270 e. The molecule has 0 aliphatic heterocycles. The molecule has 0 fully saturated rings. The van der Waals surface area contributed by atoms with E-state index in [1.165, 1.54) is 12.1 Å². The normalized spacial score (nSPS) is 10.4. The molecule has 0 saturated heterocycles. The lowest BCUT2D eigenvalue weighted by Gasteiger charge is -1.98. The van der Waals surface area contributed by atoms with Gasteiger partial charge in [0, 0.05) is 17.2 Å². The maximum atomic E-state index is 10.7. The number of rotatable bonds is 3.